The summed E-state index contributed by atoms with van der Waals surface area (Å²) in [6, 6.07) is 0.540. The zero-order valence-electron chi connectivity index (χ0n) is 11.5. The average Bonchev–Trinajstić information content (AvgIpc) is 3.10. The van der Waals surface area contributed by atoms with Crippen molar-refractivity contribution in [2.24, 2.45) is 0 Å². The van der Waals surface area contributed by atoms with Crippen molar-refractivity contribution in [2.45, 2.75) is 44.0 Å². The summed E-state index contributed by atoms with van der Waals surface area (Å²) in [5.74, 6) is 6.89. The molecule has 0 spiro atoms. The molecule has 2 N–H and O–H groups in total. The molecular formula is C15H18N4S. The van der Waals surface area contributed by atoms with Gasteiger partial charge in [-0.25, -0.2) is 9.97 Å². The Labute approximate surface area is 123 Å². The third-order valence-corrected chi connectivity index (χ3v) is 4.33. The Hall–Kier alpha value is -1.67. The highest BCUT2D eigenvalue weighted by Gasteiger charge is 2.15. The maximum atomic E-state index is 4.33. The van der Waals surface area contributed by atoms with Gasteiger partial charge in [0, 0.05) is 23.8 Å². The van der Waals surface area contributed by atoms with Gasteiger partial charge in [-0.3, -0.25) is 0 Å². The van der Waals surface area contributed by atoms with Gasteiger partial charge >= 0.3 is 0 Å². The van der Waals surface area contributed by atoms with E-state index in [-0.39, 0.29) is 0 Å². The Morgan fingerprint density at radius 2 is 2.00 bits per heavy atom. The number of anilines is 1. The van der Waals surface area contributed by atoms with E-state index in [4.69, 9.17) is 0 Å². The number of aromatic nitrogens is 2. The van der Waals surface area contributed by atoms with Crippen molar-refractivity contribution in [3.63, 3.8) is 0 Å². The number of hydrogen-bond acceptors (Lipinski definition) is 5. The highest BCUT2D eigenvalue weighted by molar-refractivity contribution is 8.02. The van der Waals surface area contributed by atoms with E-state index in [1.807, 2.05) is 0 Å². The Kier molecular flexibility index (Phi) is 4.12. The average molecular weight is 286 g/mol. The smallest absolute Gasteiger partial charge is 0.222 e. The summed E-state index contributed by atoms with van der Waals surface area (Å²) in [5.41, 5.74) is 1.81. The lowest BCUT2D eigenvalue weighted by Gasteiger charge is -2.10. The van der Waals surface area contributed by atoms with E-state index in [9.17, 15) is 0 Å². The fraction of sp³-hybridized carbons (Fsp3) is 0.467. The highest BCUT2D eigenvalue weighted by atomic mass is 32.2. The van der Waals surface area contributed by atoms with Crippen LogP contribution >= 0.6 is 11.8 Å². The third kappa shape index (κ3) is 3.45. The lowest BCUT2D eigenvalue weighted by Crippen LogP contribution is -2.16. The quantitative estimate of drug-likeness (QED) is 0.819. The minimum absolute atomic E-state index is 0.411. The second-order valence-electron chi connectivity index (χ2n) is 5.13. The van der Waals surface area contributed by atoms with E-state index in [2.05, 4.69) is 44.8 Å². The molecule has 3 rings (SSSR count). The highest BCUT2D eigenvalue weighted by Crippen LogP contribution is 2.20. The standard InChI is InChI=1S/C15H18N4S/c1-11-18-14(10-20-11)7-6-12-8-16-15(17-9-12)19-13-4-2-3-5-13/h8-11,13,18H,2-5H2,1H3,(H,16,17,19). The normalized spacial score (nSPS) is 21.9. The van der Waals surface area contributed by atoms with Gasteiger partial charge in [0.1, 0.15) is 0 Å². The summed E-state index contributed by atoms with van der Waals surface area (Å²) in [6.07, 6.45) is 8.62. The van der Waals surface area contributed by atoms with Crippen molar-refractivity contribution in [2.75, 3.05) is 5.32 Å². The van der Waals surface area contributed by atoms with Crippen LogP contribution in [0.4, 0.5) is 5.95 Å². The summed E-state index contributed by atoms with van der Waals surface area (Å²) in [4.78, 5) is 8.67. The van der Waals surface area contributed by atoms with Gasteiger partial charge in [0.25, 0.3) is 0 Å². The molecule has 0 saturated heterocycles. The molecule has 4 nitrogen and oxygen atoms in total. The van der Waals surface area contributed by atoms with Crippen molar-refractivity contribution in [3.05, 3.63) is 29.1 Å². The molecule has 1 saturated carbocycles. The number of rotatable bonds is 2. The molecule has 1 atom stereocenters. The molecule has 1 aliphatic heterocycles. The van der Waals surface area contributed by atoms with Crippen molar-refractivity contribution in [1.82, 2.24) is 15.3 Å². The van der Waals surface area contributed by atoms with Crippen LogP contribution < -0.4 is 10.6 Å². The maximum absolute atomic E-state index is 4.33. The predicted molar refractivity (Wildman–Crippen MR) is 83.1 cm³/mol. The monoisotopic (exact) mass is 286 g/mol. The minimum atomic E-state index is 0.411. The molecule has 20 heavy (non-hydrogen) atoms. The van der Waals surface area contributed by atoms with Gasteiger partial charge in [0.2, 0.25) is 5.95 Å². The van der Waals surface area contributed by atoms with Crippen molar-refractivity contribution in [3.8, 4) is 11.8 Å². The van der Waals surface area contributed by atoms with Crippen LogP contribution in [-0.4, -0.2) is 21.4 Å². The number of hydrogen-bond donors (Lipinski definition) is 2. The van der Waals surface area contributed by atoms with E-state index >= 15 is 0 Å². The zero-order chi connectivity index (χ0) is 13.8. The number of allylic oxidation sites excluding steroid dienone is 1. The summed E-state index contributed by atoms with van der Waals surface area (Å²) < 4.78 is 0. The Bertz CT molecular complexity index is 549. The summed E-state index contributed by atoms with van der Waals surface area (Å²) in [5, 5.41) is 9.12. The number of thioether (sulfide) groups is 1. The van der Waals surface area contributed by atoms with Gasteiger partial charge in [0.15, 0.2) is 0 Å². The van der Waals surface area contributed by atoms with Gasteiger partial charge in [-0.1, -0.05) is 18.8 Å². The van der Waals surface area contributed by atoms with E-state index < -0.39 is 0 Å². The molecule has 0 aromatic carbocycles. The van der Waals surface area contributed by atoms with Crippen LogP contribution in [0.15, 0.2) is 23.5 Å². The van der Waals surface area contributed by atoms with Crippen LogP contribution in [0.5, 0.6) is 0 Å². The molecular weight excluding hydrogens is 268 g/mol. The molecule has 1 aromatic heterocycles. The molecule has 2 heterocycles. The van der Waals surface area contributed by atoms with E-state index in [0.717, 1.165) is 11.3 Å². The van der Waals surface area contributed by atoms with E-state index in [1.54, 1.807) is 24.2 Å². The first-order valence-electron chi connectivity index (χ1n) is 7.02. The summed E-state index contributed by atoms with van der Waals surface area (Å²) >= 11 is 1.74. The van der Waals surface area contributed by atoms with Gasteiger partial charge in [0.05, 0.1) is 16.6 Å². The molecule has 1 fully saturated rings. The molecule has 2 aliphatic rings. The van der Waals surface area contributed by atoms with Crippen LogP contribution in [0.3, 0.4) is 0 Å². The van der Waals surface area contributed by atoms with E-state index in [0.29, 0.717) is 17.4 Å². The molecule has 104 valence electrons. The lowest BCUT2D eigenvalue weighted by molar-refractivity contribution is 0.744. The first-order valence-corrected chi connectivity index (χ1v) is 7.97. The van der Waals surface area contributed by atoms with Gasteiger partial charge < -0.3 is 10.6 Å². The van der Waals surface area contributed by atoms with Crippen LogP contribution in [0.25, 0.3) is 0 Å². The SMILES string of the molecule is CC1NC(C#Cc2cnc(NC3CCCC3)nc2)=CS1. The molecule has 0 amide bonds. The molecule has 1 unspecified atom stereocenters. The van der Waals surface area contributed by atoms with Crippen LogP contribution in [0.1, 0.15) is 38.2 Å². The van der Waals surface area contributed by atoms with Gasteiger partial charge in [-0.15, -0.1) is 11.8 Å². The second-order valence-corrected chi connectivity index (χ2v) is 6.34. The second kappa shape index (κ2) is 6.19. The number of nitrogens with zero attached hydrogens (tertiary/aromatic N) is 2. The Balaban J connectivity index is 1.60. The van der Waals surface area contributed by atoms with Gasteiger partial charge in [-0.05, 0) is 25.7 Å². The molecule has 1 aliphatic carbocycles. The van der Waals surface area contributed by atoms with Crippen molar-refractivity contribution >= 4 is 17.7 Å². The molecule has 5 heteroatoms. The summed E-state index contributed by atoms with van der Waals surface area (Å²) in [7, 11) is 0. The topological polar surface area (TPSA) is 49.8 Å². The van der Waals surface area contributed by atoms with Gasteiger partial charge in [-0.2, -0.15) is 0 Å². The third-order valence-electron chi connectivity index (χ3n) is 3.43. The van der Waals surface area contributed by atoms with Crippen LogP contribution in [-0.2, 0) is 0 Å². The maximum Gasteiger partial charge on any atom is 0.222 e. The van der Waals surface area contributed by atoms with Crippen molar-refractivity contribution in [1.29, 1.82) is 0 Å². The van der Waals surface area contributed by atoms with Crippen molar-refractivity contribution < 1.29 is 0 Å². The predicted octanol–water partition coefficient (Wildman–Crippen LogP) is 2.71. The lowest BCUT2D eigenvalue weighted by atomic mass is 10.2. The minimum Gasteiger partial charge on any atom is -0.366 e. The Morgan fingerprint density at radius 1 is 1.25 bits per heavy atom. The van der Waals surface area contributed by atoms with E-state index in [1.165, 1.54) is 25.7 Å². The Morgan fingerprint density at radius 3 is 2.65 bits per heavy atom. The molecule has 0 radical (unpaired) electrons. The first-order chi connectivity index (χ1) is 9.79. The first kappa shape index (κ1) is 13.3. The zero-order valence-corrected chi connectivity index (χ0v) is 12.3. The molecule has 0 bridgehead atoms. The number of nitrogens with one attached hydrogen (secondary N) is 2. The molecule has 1 aromatic rings. The fourth-order valence-electron chi connectivity index (χ4n) is 2.38. The van der Waals surface area contributed by atoms with Crippen LogP contribution in [0, 0.1) is 11.8 Å². The fourth-order valence-corrected chi connectivity index (χ4v) is 3.04. The summed E-state index contributed by atoms with van der Waals surface area (Å²) in [6.45, 7) is 2.11. The largest absolute Gasteiger partial charge is 0.366 e. The van der Waals surface area contributed by atoms with Crippen LogP contribution in [0.2, 0.25) is 0 Å².